The lowest BCUT2D eigenvalue weighted by molar-refractivity contribution is 0.204. The normalized spacial score (nSPS) is 12.1. The third-order valence-electron chi connectivity index (χ3n) is 2.96. The largest absolute Gasteiger partial charge is 0.383 e. The van der Waals surface area contributed by atoms with E-state index in [9.17, 15) is 8.42 Å². The zero-order chi connectivity index (χ0) is 17.3. The van der Waals surface area contributed by atoms with E-state index in [0.29, 0.717) is 25.0 Å². The molecule has 1 aromatic carbocycles. The van der Waals surface area contributed by atoms with E-state index in [2.05, 4.69) is 28.9 Å². The Balaban J connectivity index is 0.00000529. The molecule has 1 rings (SSSR count). The minimum Gasteiger partial charge on any atom is -0.383 e. The van der Waals surface area contributed by atoms with E-state index in [-0.39, 0.29) is 35.4 Å². The number of sulfonamides is 1. The predicted molar refractivity (Wildman–Crippen MR) is 107 cm³/mol. The van der Waals surface area contributed by atoms with Crippen LogP contribution in [-0.2, 0) is 21.3 Å². The van der Waals surface area contributed by atoms with Crippen molar-refractivity contribution < 1.29 is 13.2 Å². The van der Waals surface area contributed by atoms with Crippen LogP contribution in [0, 0.1) is 5.92 Å². The second-order valence-electron chi connectivity index (χ2n) is 5.51. The van der Waals surface area contributed by atoms with Crippen LogP contribution in [0.3, 0.4) is 0 Å². The summed E-state index contributed by atoms with van der Waals surface area (Å²) in [5, 5.41) is 3.03. The number of aliphatic imine (C=N–C) groups is 1. The molecule has 0 spiro atoms. The highest BCUT2D eigenvalue weighted by Gasteiger charge is 2.12. The van der Waals surface area contributed by atoms with Crippen LogP contribution >= 0.6 is 24.0 Å². The fraction of sp³-hybridized carbons (Fsp3) is 0.533. The standard InChI is InChI=1S/C15H26N4O3S.HI/c1-12(2)10-17-15(16)18-11-13-4-6-14(7-5-13)23(20,21)19-8-9-22-3;/h4-7,12,19H,8-11H2,1-3H3,(H3,16,17,18);1H. The van der Waals surface area contributed by atoms with Gasteiger partial charge in [0.2, 0.25) is 10.0 Å². The maximum atomic E-state index is 12.0. The van der Waals surface area contributed by atoms with Crippen LogP contribution in [0.25, 0.3) is 0 Å². The van der Waals surface area contributed by atoms with Crippen LogP contribution in [0.4, 0.5) is 0 Å². The van der Waals surface area contributed by atoms with Crippen molar-refractivity contribution in [1.82, 2.24) is 10.0 Å². The topological polar surface area (TPSA) is 106 Å². The van der Waals surface area contributed by atoms with Crippen molar-refractivity contribution in [3.63, 3.8) is 0 Å². The molecule has 0 unspecified atom stereocenters. The van der Waals surface area contributed by atoms with Crippen LogP contribution in [0.2, 0.25) is 0 Å². The minimum absolute atomic E-state index is 0. The molecule has 24 heavy (non-hydrogen) atoms. The summed E-state index contributed by atoms with van der Waals surface area (Å²) in [7, 11) is -1.98. The van der Waals surface area contributed by atoms with Crippen LogP contribution in [0.5, 0.6) is 0 Å². The molecule has 0 atom stereocenters. The number of hydrogen-bond acceptors (Lipinski definition) is 4. The first-order chi connectivity index (χ1) is 10.8. The Morgan fingerprint density at radius 3 is 2.46 bits per heavy atom. The van der Waals surface area contributed by atoms with Crippen molar-refractivity contribution in [3.05, 3.63) is 29.8 Å². The highest BCUT2D eigenvalue weighted by molar-refractivity contribution is 14.0. The molecule has 0 aliphatic carbocycles. The second kappa shape index (κ2) is 11.6. The van der Waals surface area contributed by atoms with Gasteiger partial charge in [0, 0.05) is 20.2 Å². The number of halogens is 1. The van der Waals surface area contributed by atoms with Crippen LogP contribution < -0.4 is 15.8 Å². The molecule has 9 heteroatoms. The van der Waals surface area contributed by atoms with Gasteiger partial charge in [-0.2, -0.15) is 0 Å². The molecule has 0 heterocycles. The average Bonchev–Trinajstić information content (AvgIpc) is 2.51. The van der Waals surface area contributed by atoms with Gasteiger partial charge >= 0.3 is 0 Å². The van der Waals surface area contributed by atoms with Gasteiger partial charge in [-0.1, -0.05) is 26.0 Å². The Morgan fingerprint density at radius 1 is 1.29 bits per heavy atom. The molecular formula is C15H27IN4O3S. The summed E-state index contributed by atoms with van der Waals surface area (Å²) in [6.07, 6.45) is 0. The van der Waals surface area contributed by atoms with E-state index in [0.717, 1.165) is 12.1 Å². The maximum absolute atomic E-state index is 12.0. The first-order valence-electron chi connectivity index (χ1n) is 7.46. The van der Waals surface area contributed by atoms with Gasteiger partial charge in [0.1, 0.15) is 0 Å². The summed E-state index contributed by atoms with van der Waals surface area (Å²) >= 11 is 0. The SMILES string of the molecule is COCCNS(=O)(=O)c1ccc(CN=C(N)NCC(C)C)cc1.I. The molecule has 0 bridgehead atoms. The van der Waals surface area contributed by atoms with Crippen molar-refractivity contribution in [3.8, 4) is 0 Å². The maximum Gasteiger partial charge on any atom is 0.240 e. The summed E-state index contributed by atoms with van der Waals surface area (Å²) in [6, 6.07) is 6.56. The molecule has 138 valence electrons. The van der Waals surface area contributed by atoms with Crippen molar-refractivity contribution in [2.45, 2.75) is 25.3 Å². The average molecular weight is 470 g/mol. The molecule has 0 aromatic heterocycles. The van der Waals surface area contributed by atoms with Crippen molar-refractivity contribution in [2.24, 2.45) is 16.6 Å². The van der Waals surface area contributed by atoms with E-state index in [4.69, 9.17) is 10.5 Å². The number of nitrogens with zero attached hydrogens (tertiary/aromatic N) is 1. The van der Waals surface area contributed by atoms with Crippen molar-refractivity contribution in [2.75, 3.05) is 26.8 Å². The lowest BCUT2D eigenvalue weighted by Crippen LogP contribution is -2.34. The lowest BCUT2D eigenvalue weighted by atomic mass is 10.2. The number of guanidine groups is 1. The monoisotopic (exact) mass is 470 g/mol. The Bertz CT molecular complexity index is 604. The van der Waals surface area contributed by atoms with Gasteiger partial charge in [-0.05, 0) is 23.6 Å². The summed E-state index contributed by atoms with van der Waals surface area (Å²) < 4.78 is 31.3. The molecule has 7 nitrogen and oxygen atoms in total. The summed E-state index contributed by atoms with van der Waals surface area (Å²) in [6.45, 7) is 5.89. The number of nitrogens with one attached hydrogen (secondary N) is 2. The Labute approximate surface area is 161 Å². The van der Waals surface area contributed by atoms with Gasteiger partial charge in [0.25, 0.3) is 0 Å². The molecule has 0 aliphatic rings. The summed E-state index contributed by atoms with van der Waals surface area (Å²) in [5.41, 5.74) is 6.64. The van der Waals surface area contributed by atoms with Gasteiger partial charge in [-0.25, -0.2) is 18.1 Å². The Hall–Kier alpha value is -0.910. The second-order valence-corrected chi connectivity index (χ2v) is 7.28. The third-order valence-corrected chi connectivity index (χ3v) is 4.43. The fourth-order valence-electron chi connectivity index (χ4n) is 1.68. The summed E-state index contributed by atoms with van der Waals surface area (Å²) in [4.78, 5) is 4.44. The third kappa shape index (κ3) is 8.81. The number of benzene rings is 1. The highest BCUT2D eigenvalue weighted by atomic mass is 127. The molecule has 1 aromatic rings. The number of nitrogens with two attached hydrogens (primary N) is 1. The van der Waals surface area contributed by atoms with E-state index >= 15 is 0 Å². The number of hydrogen-bond donors (Lipinski definition) is 3. The van der Waals surface area contributed by atoms with Gasteiger partial charge in [0.15, 0.2) is 5.96 Å². The van der Waals surface area contributed by atoms with Crippen LogP contribution in [-0.4, -0.2) is 41.2 Å². The fourth-order valence-corrected chi connectivity index (χ4v) is 2.69. The lowest BCUT2D eigenvalue weighted by Gasteiger charge is -2.08. The minimum atomic E-state index is -3.50. The van der Waals surface area contributed by atoms with Crippen molar-refractivity contribution >= 4 is 40.0 Å². The van der Waals surface area contributed by atoms with E-state index in [1.807, 2.05) is 0 Å². The first-order valence-corrected chi connectivity index (χ1v) is 8.95. The number of rotatable bonds is 9. The van der Waals surface area contributed by atoms with E-state index in [1.54, 1.807) is 24.3 Å². The van der Waals surface area contributed by atoms with Gasteiger partial charge in [0.05, 0.1) is 18.0 Å². The van der Waals surface area contributed by atoms with Gasteiger partial charge < -0.3 is 15.8 Å². The van der Waals surface area contributed by atoms with Gasteiger partial charge in [-0.3, -0.25) is 0 Å². The molecule has 0 aliphatic heterocycles. The molecule has 0 saturated heterocycles. The number of ether oxygens (including phenoxy) is 1. The molecule has 0 amide bonds. The molecule has 0 saturated carbocycles. The Kier molecular flexibility index (Phi) is 11.2. The van der Waals surface area contributed by atoms with Crippen LogP contribution in [0.1, 0.15) is 19.4 Å². The smallest absolute Gasteiger partial charge is 0.240 e. The molecule has 0 fully saturated rings. The summed E-state index contributed by atoms with van der Waals surface area (Å²) in [5.74, 6) is 0.871. The molecule has 0 radical (unpaired) electrons. The Morgan fingerprint density at radius 2 is 1.92 bits per heavy atom. The van der Waals surface area contributed by atoms with E-state index in [1.165, 1.54) is 7.11 Å². The van der Waals surface area contributed by atoms with Crippen LogP contribution in [0.15, 0.2) is 34.2 Å². The zero-order valence-electron chi connectivity index (χ0n) is 14.3. The highest BCUT2D eigenvalue weighted by Crippen LogP contribution is 2.11. The predicted octanol–water partition coefficient (Wildman–Crippen LogP) is 1.29. The van der Waals surface area contributed by atoms with Gasteiger partial charge in [-0.15, -0.1) is 24.0 Å². The quantitative estimate of drug-likeness (QED) is 0.218. The number of methoxy groups -OCH3 is 1. The first kappa shape index (κ1) is 23.1. The molecule has 4 N–H and O–H groups in total. The van der Waals surface area contributed by atoms with E-state index < -0.39 is 10.0 Å². The zero-order valence-corrected chi connectivity index (χ0v) is 17.4. The van der Waals surface area contributed by atoms with Crippen molar-refractivity contribution in [1.29, 1.82) is 0 Å². The molecular weight excluding hydrogens is 443 g/mol.